The van der Waals surface area contributed by atoms with Crippen molar-refractivity contribution in [2.24, 2.45) is 11.7 Å². The highest BCUT2D eigenvalue weighted by molar-refractivity contribution is 7.09. The van der Waals surface area contributed by atoms with Crippen LogP contribution < -0.4 is 5.73 Å². The molecule has 0 radical (unpaired) electrons. The fraction of sp³-hybridized carbons (Fsp3) is 0.545. The van der Waals surface area contributed by atoms with E-state index in [1.165, 1.54) is 4.88 Å². The third kappa shape index (κ3) is 3.50. The second-order valence-corrected chi connectivity index (χ2v) is 4.56. The second kappa shape index (κ2) is 5.81. The number of primary amides is 1. The summed E-state index contributed by atoms with van der Waals surface area (Å²) in [5.74, 6) is -0.138. The molecule has 2 nitrogen and oxygen atoms in total. The Labute approximate surface area is 89.1 Å². The van der Waals surface area contributed by atoms with Crippen LogP contribution in [0.3, 0.4) is 0 Å². The van der Waals surface area contributed by atoms with Crippen molar-refractivity contribution in [3.05, 3.63) is 22.4 Å². The lowest BCUT2D eigenvalue weighted by Gasteiger charge is -2.10. The van der Waals surface area contributed by atoms with Gasteiger partial charge in [-0.2, -0.15) is 0 Å². The molecule has 3 heteroatoms. The number of nitrogens with two attached hydrogens (primary N) is 1. The Hall–Kier alpha value is -0.830. The number of hydrogen-bond donors (Lipinski definition) is 1. The highest BCUT2D eigenvalue weighted by Crippen LogP contribution is 2.18. The van der Waals surface area contributed by atoms with Gasteiger partial charge in [0.15, 0.2) is 0 Å². The molecule has 78 valence electrons. The molecule has 0 fully saturated rings. The summed E-state index contributed by atoms with van der Waals surface area (Å²) in [6.45, 7) is 2.13. The lowest BCUT2D eigenvalue weighted by molar-refractivity contribution is -0.122. The van der Waals surface area contributed by atoms with E-state index in [4.69, 9.17) is 5.73 Å². The maximum Gasteiger partial charge on any atom is 0.220 e. The van der Waals surface area contributed by atoms with E-state index in [-0.39, 0.29) is 11.8 Å². The first-order valence-electron chi connectivity index (χ1n) is 5.05. The highest BCUT2D eigenvalue weighted by atomic mass is 32.1. The van der Waals surface area contributed by atoms with E-state index in [1.54, 1.807) is 11.3 Å². The summed E-state index contributed by atoms with van der Waals surface area (Å²) in [5.41, 5.74) is 5.36. The van der Waals surface area contributed by atoms with Gasteiger partial charge in [0.2, 0.25) is 5.91 Å². The fourth-order valence-electron chi connectivity index (χ4n) is 1.47. The maximum atomic E-state index is 11.2. The van der Waals surface area contributed by atoms with Crippen LogP contribution in [-0.2, 0) is 11.2 Å². The zero-order valence-corrected chi connectivity index (χ0v) is 9.35. The van der Waals surface area contributed by atoms with Crippen LogP contribution in [0.25, 0.3) is 0 Å². The van der Waals surface area contributed by atoms with E-state index in [2.05, 4.69) is 13.0 Å². The van der Waals surface area contributed by atoms with E-state index in [0.717, 1.165) is 25.7 Å². The third-order valence-corrected chi connectivity index (χ3v) is 3.23. The molecule has 0 bridgehead atoms. The van der Waals surface area contributed by atoms with Crippen molar-refractivity contribution in [1.82, 2.24) is 0 Å². The minimum Gasteiger partial charge on any atom is -0.369 e. The number of carbonyl (C=O) groups is 1. The lowest BCUT2D eigenvalue weighted by Crippen LogP contribution is -2.24. The summed E-state index contributed by atoms with van der Waals surface area (Å²) >= 11 is 1.69. The van der Waals surface area contributed by atoms with Crippen molar-refractivity contribution in [3.63, 3.8) is 0 Å². The summed E-state index contributed by atoms with van der Waals surface area (Å²) in [5, 5.41) is 2.03. The molecule has 1 atom stereocenters. The molecule has 1 amide bonds. The van der Waals surface area contributed by atoms with Gasteiger partial charge in [0, 0.05) is 10.8 Å². The Morgan fingerprint density at radius 1 is 1.64 bits per heavy atom. The van der Waals surface area contributed by atoms with Gasteiger partial charge in [0.25, 0.3) is 0 Å². The largest absolute Gasteiger partial charge is 0.369 e. The Morgan fingerprint density at radius 3 is 2.93 bits per heavy atom. The molecule has 0 aliphatic heterocycles. The van der Waals surface area contributed by atoms with Gasteiger partial charge in [0.05, 0.1) is 0 Å². The maximum absolute atomic E-state index is 11.2. The average molecular weight is 211 g/mol. The molecule has 2 N–H and O–H groups in total. The molecule has 1 aromatic heterocycles. The van der Waals surface area contributed by atoms with Crippen molar-refractivity contribution >= 4 is 17.2 Å². The zero-order chi connectivity index (χ0) is 10.4. The number of rotatable bonds is 6. The lowest BCUT2D eigenvalue weighted by atomic mass is 9.97. The predicted molar refractivity (Wildman–Crippen MR) is 60.2 cm³/mol. The van der Waals surface area contributed by atoms with Crippen molar-refractivity contribution < 1.29 is 4.79 Å². The van der Waals surface area contributed by atoms with Gasteiger partial charge in [-0.05, 0) is 24.3 Å². The number of amides is 1. The van der Waals surface area contributed by atoms with Crippen molar-refractivity contribution in [3.8, 4) is 0 Å². The van der Waals surface area contributed by atoms with Crippen LogP contribution in [0.2, 0.25) is 0 Å². The monoisotopic (exact) mass is 211 g/mol. The van der Waals surface area contributed by atoms with Gasteiger partial charge < -0.3 is 5.73 Å². The van der Waals surface area contributed by atoms with Gasteiger partial charge in [-0.1, -0.05) is 25.8 Å². The van der Waals surface area contributed by atoms with Crippen molar-refractivity contribution in [1.29, 1.82) is 0 Å². The van der Waals surface area contributed by atoms with Gasteiger partial charge in [-0.25, -0.2) is 0 Å². The molecule has 0 saturated heterocycles. The van der Waals surface area contributed by atoms with Crippen LogP contribution in [0.5, 0.6) is 0 Å². The molecule has 1 rings (SSSR count). The molecular weight excluding hydrogens is 194 g/mol. The molecule has 14 heavy (non-hydrogen) atoms. The average Bonchev–Trinajstić information content (AvgIpc) is 2.64. The van der Waals surface area contributed by atoms with Crippen molar-refractivity contribution in [2.75, 3.05) is 0 Å². The number of hydrogen-bond acceptors (Lipinski definition) is 2. The van der Waals surface area contributed by atoms with Crippen LogP contribution in [-0.4, -0.2) is 5.91 Å². The van der Waals surface area contributed by atoms with Crippen LogP contribution in [0.15, 0.2) is 17.5 Å². The summed E-state index contributed by atoms with van der Waals surface area (Å²) in [6, 6.07) is 4.07. The first kappa shape index (κ1) is 11.2. The van der Waals surface area contributed by atoms with E-state index in [1.807, 2.05) is 11.4 Å². The van der Waals surface area contributed by atoms with Gasteiger partial charge in [-0.15, -0.1) is 11.3 Å². The Bertz CT molecular complexity index is 269. The molecule has 1 unspecified atom stereocenters. The molecule has 0 saturated carbocycles. The normalized spacial score (nSPS) is 12.6. The minimum absolute atomic E-state index is 0.0219. The van der Waals surface area contributed by atoms with E-state index < -0.39 is 0 Å². The predicted octanol–water partition coefficient (Wildman–Crippen LogP) is 2.58. The zero-order valence-electron chi connectivity index (χ0n) is 8.53. The molecule has 0 aromatic carbocycles. The minimum atomic E-state index is -0.160. The summed E-state index contributed by atoms with van der Waals surface area (Å²) < 4.78 is 0. The Morgan fingerprint density at radius 2 is 2.43 bits per heavy atom. The Kier molecular flexibility index (Phi) is 4.66. The Balaban J connectivity index is 2.47. The van der Waals surface area contributed by atoms with Gasteiger partial charge in [-0.3, -0.25) is 4.79 Å². The molecule has 1 heterocycles. The first-order chi connectivity index (χ1) is 6.74. The highest BCUT2D eigenvalue weighted by Gasteiger charge is 2.15. The first-order valence-corrected chi connectivity index (χ1v) is 5.93. The van der Waals surface area contributed by atoms with Crippen LogP contribution in [0, 0.1) is 5.92 Å². The number of carbonyl (C=O) groups excluding carboxylic acids is 1. The van der Waals surface area contributed by atoms with Crippen LogP contribution in [0.1, 0.15) is 31.1 Å². The smallest absolute Gasteiger partial charge is 0.220 e. The molecule has 0 aliphatic carbocycles. The summed E-state index contributed by atoms with van der Waals surface area (Å²) in [6.07, 6.45) is 3.93. The van der Waals surface area contributed by atoms with Gasteiger partial charge in [0.1, 0.15) is 0 Å². The number of unbranched alkanes of at least 4 members (excludes halogenated alkanes) is 1. The summed E-state index contributed by atoms with van der Waals surface area (Å²) in [4.78, 5) is 12.4. The second-order valence-electron chi connectivity index (χ2n) is 3.53. The topological polar surface area (TPSA) is 43.1 Å². The molecular formula is C11H17NOS. The van der Waals surface area contributed by atoms with Gasteiger partial charge >= 0.3 is 0 Å². The molecule has 0 spiro atoms. The molecule has 0 aliphatic rings. The SMILES string of the molecule is CCCCC(Cc1cccs1)C(N)=O. The quantitative estimate of drug-likeness (QED) is 0.772. The van der Waals surface area contributed by atoms with Crippen LogP contribution >= 0.6 is 11.3 Å². The molecule has 1 aromatic rings. The summed E-state index contributed by atoms with van der Waals surface area (Å²) in [7, 11) is 0. The van der Waals surface area contributed by atoms with Crippen molar-refractivity contribution in [2.45, 2.75) is 32.6 Å². The van der Waals surface area contributed by atoms with E-state index >= 15 is 0 Å². The van der Waals surface area contributed by atoms with Crippen LogP contribution in [0.4, 0.5) is 0 Å². The standard InChI is InChI=1S/C11H17NOS/c1-2-3-5-9(11(12)13)8-10-6-4-7-14-10/h4,6-7,9H,2-3,5,8H2,1H3,(H2,12,13). The fourth-order valence-corrected chi connectivity index (χ4v) is 2.25. The van der Waals surface area contributed by atoms with E-state index in [9.17, 15) is 4.79 Å². The third-order valence-electron chi connectivity index (χ3n) is 2.34. The number of thiophene rings is 1. The van der Waals surface area contributed by atoms with E-state index in [0.29, 0.717) is 0 Å².